The average molecular weight is 196 g/mol. The molecule has 1 heterocycles. The standard InChI is InChI=1S/C7H11F3N2O/c1-4-2-5(3-11-4)12-6(13)7(8,9)10/h4-5,11H,2-3H2,1H3,(H,12,13)/t4-,5?/m1/s1. The van der Waals surface area contributed by atoms with Crippen LogP contribution in [0.25, 0.3) is 0 Å². The highest BCUT2D eigenvalue weighted by molar-refractivity contribution is 5.81. The zero-order valence-electron chi connectivity index (χ0n) is 7.11. The van der Waals surface area contributed by atoms with Crippen molar-refractivity contribution in [3.8, 4) is 0 Å². The Bertz CT molecular complexity index is 204. The van der Waals surface area contributed by atoms with Gasteiger partial charge in [0.2, 0.25) is 0 Å². The molecule has 0 radical (unpaired) electrons. The van der Waals surface area contributed by atoms with Crippen LogP contribution in [0.2, 0.25) is 0 Å². The molecule has 1 rings (SSSR count). The van der Waals surface area contributed by atoms with Crippen molar-refractivity contribution < 1.29 is 18.0 Å². The lowest BCUT2D eigenvalue weighted by Gasteiger charge is -2.12. The number of hydrogen-bond acceptors (Lipinski definition) is 2. The second kappa shape index (κ2) is 3.53. The van der Waals surface area contributed by atoms with E-state index in [0.29, 0.717) is 13.0 Å². The van der Waals surface area contributed by atoms with Crippen LogP contribution in [0, 0.1) is 0 Å². The number of hydrogen-bond donors (Lipinski definition) is 2. The van der Waals surface area contributed by atoms with E-state index in [1.807, 2.05) is 12.2 Å². The van der Waals surface area contributed by atoms with Crippen LogP contribution in [0.1, 0.15) is 13.3 Å². The molecule has 0 aromatic carbocycles. The highest BCUT2D eigenvalue weighted by Crippen LogP contribution is 2.15. The molecule has 1 aliphatic heterocycles. The van der Waals surface area contributed by atoms with E-state index in [4.69, 9.17) is 0 Å². The van der Waals surface area contributed by atoms with E-state index in [-0.39, 0.29) is 6.04 Å². The number of halogens is 3. The van der Waals surface area contributed by atoms with Crippen molar-refractivity contribution in [2.75, 3.05) is 6.54 Å². The normalized spacial score (nSPS) is 28.9. The highest BCUT2D eigenvalue weighted by Gasteiger charge is 2.40. The Morgan fingerprint density at radius 1 is 1.54 bits per heavy atom. The first kappa shape index (κ1) is 10.3. The van der Waals surface area contributed by atoms with Gasteiger partial charge in [0.25, 0.3) is 0 Å². The third-order valence-corrected chi connectivity index (χ3v) is 1.94. The number of amides is 1. The number of carbonyl (C=O) groups excluding carboxylic acids is 1. The summed E-state index contributed by atoms with van der Waals surface area (Å²) in [6.45, 7) is 2.27. The number of rotatable bonds is 1. The molecular formula is C7H11F3N2O. The lowest BCUT2D eigenvalue weighted by molar-refractivity contribution is -0.174. The minimum Gasteiger partial charge on any atom is -0.344 e. The van der Waals surface area contributed by atoms with Gasteiger partial charge in [0.15, 0.2) is 0 Å². The van der Waals surface area contributed by atoms with Crippen molar-refractivity contribution in [3.05, 3.63) is 0 Å². The van der Waals surface area contributed by atoms with Crippen LogP contribution in [-0.4, -0.2) is 30.7 Å². The molecule has 2 N–H and O–H groups in total. The van der Waals surface area contributed by atoms with Crippen molar-refractivity contribution in [3.63, 3.8) is 0 Å². The van der Waals surface area contributed by atoms with Gasteiger partial charge in [0, 0.05) is 18.6 Å². The fraction of sp³-hybridized carbons (Fsp3) is 0.857. The minimum absolute atomic E-state index is 0.165. The summed E-state index contributed by atoms with van der Waals surface area (Å²) in [5.41, 5.74) is 0. The van der Waals surface area contributed by atoms with E-state index in [2.05, 4.69) is 5.32 Å². The van der Waals surface area contributed by atoms with Gasteiger partial charge in [-0.3, -0.25) is 4.79 Å². The van der Waals surface area contributed by atoms with E-state index in [9.17, 15) is 18.0 Å². The predicted molar refractivity (Wildman–Crippen MR) is 40.1 cm³/mol. The Balaban J connectivity index is 2.37. The van der Waals surface area contributed by atoms with Gasteiger partial charge < -0.3 is 10.6 Å². The fourth-order valence-corrected chi connectivity index (χ4v) is 1.31. The van der Waals surface area contributed by atoms with Gasteiger partial charge in [-0.25, -0.2) is 0 Å². The number of alkyl halides is 3. The first-order chi connectivity index (χ1) is 5.89. The first-order valence-corrected chi connectivity index (χ1v) is 4.00. The SMILES string of the molecule is C[C@@H]1CC(NC(=O)C(F)(F)F)CN1. The Hall–Kier alpha value is -0.780. The van der Waals surface area contributed by atoms with E-state index >= 15 is 0 Å². The second-order valence-corrected chi connectivity index (χ2v) is 3.21. The maximum absolute atomic E-state index is 11.8. The summed E-state index contributed by atoms with van der Waals surface area (Å²) < 4.78 is 35.3. The van der Waals surface area contributed by atoms with Crippen LogP contribution in [0.5, 0.6) is 0 Å². The Labute approximate surface area is 73.7 Å². The third kappa shape index (κ3) is 2.87. The van der Waals surface area contributed by atoms with Crippen molar-refractivity contribution in [2.45, 2.75) is 31.6 Å². The van der Waals surface area contributed by atoms with Gasteiger partial charge in [-0.05, 0) is 13.3 Å². The number of carbonyl (C=O) groups is 1. The van der Waals surface area contributed by atoms with Crippen LogP contribution >= 0.6 is 0 Å². The van der Waals surface area contributed by atoms with Crippen LogP contribution in [-0.2, 0) is 4.79 Å². The molecule has 0 aromatic heterocycles. The van der Waals surface area contributed by atoms with E-state index in [1.165, 1.54) is 0 Å². The van der Waals surface area contributed by atoms with Gasteiger partial charge in [0.1, 0.15) is 0 Å². The summed E-state index contributed by atoms with van der Waals surface area (Å²) in [4.78, 5) is 10.5. The minimum atomic E-state index is -4.77. The van der Waals surface area contributed by atoms with Gasteiger partial charge in [-0.1, -0.05) is 0 Å². The summed E-state index contributed by atoms with van der Waals surface area (Å²) >= 11 is 0. The fourth-order valence-electron chi connectivity index (χ4n) is 1.31. The molecule has 2 atom stereocenters. The molecular weight excluding hydrogens is 185 g/mol. The molecule has 0 saturated carbocycles. The molecule has 0 aliphatic carbocycles. The van der Waals surface area contributed by atoms with Crippen LogP contribution in [0.3, 0.4) is 0 Å². The molecule has 76 valence electrons. The summed E-state index contributed by atoms with van der Waals surface area (Å²) in [5.74, 6) is -1.85. The average Bonchev–Trinajstić information content (AvgIpc) is 2.33. The second-order valence-electron chi connectivity index (χ2n) is 3.21. The van der Waals surface area contributed by atoms with Gasteiger partial charge >= 0.3 is 12.1 Å². The van der Waals surface area contributed by atoms with Crippen molar-refractivity contribution in [2.24, 2.45) is 0 Å². The van der Waals surface area contributed by atoms with Crippen LogP contribution in [0.4, 0.5) is 13.2 Å². The molecule has 13 heavy (non-hydrogen) atoms. The van der Waals surface area contributed by atoms with E-state index < -0.39 is 18.1 Å². The molecule has 0 aromatic rings. The predicted octanol–water partition coefficient (Wildman–Crippen LogP) is 0.415. The Morgan fingerprint density at radius 3 is 2.54 bits per heavy atom. The molecule has 3 nitrogen and oxygen atoms in total. The number of nitrogens with one attached hydrogen (secondary N) is 2. The van der Waals surface area contributed by atoms with Gasteiger partial charge in [-0.2, -0.15) is 13.2 Å². The molecule has 1 unspecified atom stereocenters. The highest BCUT2D eigenvalue weighted by atomic mass is 19.4. The first-order valence-electron chi connectivity index (χ1n) is 4.00. The Morgan fingerprint density at radius 2 is 2.15 bits per heavy atom. The quantitative estimate of drug-likeness (QED) is 0.638. The van der Waals surface area contributed by atoms with Crippen molar-refractivity contribution in [1.82, 2.24) is 10.6 Å². The lowest BCUT2D eigenvalue weighted by atomic mass is 10.2. The molecule has 0 bridgehead atoms. The van der Waals surface area contributed by atoms with Crippen LogP contribution < -0.4 is 10.6 Å². The third-order valence-electron chi connectivity index (χ3n) is 1.94. The summed E-state index contributed by atoms with van der Waals surface area (Å²) in [6.07, 6.45) is -4.23. The topological polar surface area (TPSA) is 41.1 Å². The molecule has 1 amide bonds. The maximum Gasteiger partial charge on any atom is 0.471 e. The molecule has 1 aliphatic rings. The summed E-state index contributed by atoms with van der Waals surface area (Å²) in [6, 6.07) is -0.234. The largest absolute Gasteiger partial charge is 0.471 e. The smallest absolute Gasteiger partial charge is 0.344 e. The molecule has 1 saturated heterocycles. The summed E-state index contributed by atoms with van der Waals surface area (Å²) in [5, 5.41) is 4.87. The molecule has 1 fully saturated rings. The van der Waals surface area contributed by atoms with Crippen molar-refractivity contribution in [1.29, 1.82) is 0 Å². The zero-order valence-corrected chi connectivity index (χ0v) is 7.11. The lowest BCUT2D eigenvalue weighted by Crippen LogP contribution is -2.43. The Kier molecular flexibility index (Phi) is 2.80. The van der Waals surface area contributed by atoms with Gasteiger partial charge in [-0.15, -0.1) is 0 Å². The maximum atomic E-state index is 11.8. The van der Waals surface area contributed by atoms with Gasteiger partial charge in [0.05, 0.1) is 0 Å². The van der Waals surface area contributed by atoms with E-state index in [0.717, 1.165) is 0 Å². The van der Waals surface area contributed by atoms with Crippen molar-refractivity contribution >= 4 is 5.91 Å². The van der Waals surface area contributed by atoms with Crippen LogP contribution in [0.15, 0.2) is 0 Å². The molecule has 6 heteroatoms. The molecule has 0 spiro atoms. The monoisotopic (exact) mass is 196 g/mol. The zero-order chi connectivity index (χ0) is 10.1. The summed E-state index contributed by atoms with van der Waals surface area (Å²) in [7, 11) is 0. The van der Waals surface area contributed by atoms with E-state index in [1.54, 1.807) is 0 Å².